The summed E-state index contributed by atoms with van der Waals surface area (Å²) >= 11 is 0. The third kappa shape index (κ3) is 2.44. The first-order valence-corrected chi connectivity index (χ1v) is 6.24. The highest BCUT2D eigenvalue weighted by molar-refractivity contribution is 6.04. The molecule has 0 radical (unpaired) electrons. The fourth-order valence-corrected chi connectivity index (χ4v) is 2.03. The molecule has 0 saturated heterocycles. The average molecular weight is 263 g/mol. The van der Waals surface area contributed by atoms with Gasteiger partial charge in [-0.3, -0.25) is 9.78 Å². The van der Waals surface area contributed by atoms with Gasteiger partial charge in [0.05, 0.1) is 0 Å². The molecule has 4 nitrogen and oxygen atoms in total. The van der Waals surface area contributed by atoms with Crippen molar-refractivity contribution in [3.8, 4) is 0 Å². The Kier molecular flexibility index (Phi) is 3.05. The molecule has 0 unspecified atom stereocenters. The molecule has 0 atom stereocenters. The molecule has 1 heterocycles. The summed E-state index contributed by atoms with van der Waals surface area (Å²) in [7, 11) is 0. The number of pyridine rings is 1. The standard InChI is InChI=1S/C16H13N3O/c17-13-7-8-18-15(10-13)16(20)19-14-6-5-11-3-1-2-4-12(11)9-14/h1-10H,(H2,17,18)(H,19,20). The van der Waals surface area contributed by atoms with E-state index in [1.54, 1.807) is 12.1 Å². The van der Waals surface area contributed by atoms with Gasteiger partial charge in [-0.1, -0.05) is 30.3 Å². The fourth-order valence-electron chi connectivity index (χ4n) is 2.03. The van der Waals surface area contributed by atoms with Crippen LogP contribution in [0.15, 0.2) is 60.8 Å². The summed E-state index contributed by atoms with van der Waals surface area (Å²) in [5.74, 6) is -0.271. The van der Waals surface area contributed by atoms with E-state index in [0.717, 1.165) is 16.5 Å². The second kappa shape index (κ2) is 5.01. The van der Waals surface area contributed by atoms with Crippen LogP contribution in [0.25, 0.3) is 10.8 Å². The Bertz CT molecular complexity index is 783. The normalized spacial score (nSPS) is 10.4. The van der Waals surface area contributed by atoms with Crippen LogP contribution in [0.4, 0.5) is 11.4 Å². The Hall–Kier alpha value is -2.88. The van der Waals surface area contributed by atoms with Crippen molar-refractivity contribution in [3.05, 3.63) is 66.5 Å². The summed E-state index contributed by atoms with van der Waals surface area (Å²) in [5, 5.41) is 5.03. The number of rotatable bonds is 2. The summed E-state index contributed by atoms with van der Waals surface area (Å²) in [6.45, 7) is 0. The number of nitrogens with one attached hydrogen (secondary N) is 1. The molecule has 3 N–H and O–H groups in total. The molecule has 3 aromatic rings. The molecule has 1 aromatic heterocycles. The van der Waals surface area contributed by atoms with Gasteiger partial charge in [-0.05, 0) is 35.0 Å². The average Bonchev–Trinajstić information content (AvgIpc) is 2.47. The van der Waals surface area contributed by atoms with Gasteiger partial charge in [0.2, 0.25) is 0 Å². The molecule has 1 amide bonds. The topological polar surface area (TPSA) is 68.0 Å². The summed E-state index contributed by atoms with van der Waals surface area (Å²) in [5.41, 5.74) is 7.20. The van der Waals surface area contributed by atoms with E-state index in [1.165, 1.54) is 6.20 Å². The van der Waals surface area contributed by atoms with Crippen molar-refractivity contribution in [2.45, 2.75) is 0 Å². The van der Waals surface area contributed by atoms with Crippen LogP contribution in [-0.4, -0.2) is 10.9 Å². The maximum absolute atomic E-state index is 12.1. The number of carbonyl (C=O) groups is 1. The number of aromatic nitrogens is 1. The molecule has 20 heavy (non-hydrogen) atoms. The molecule has 0 aliphatic heterocycles. The van der Waals surface area contributed by atoms with Crippen molar-refractivity contribution in [1.82, 2.24) is 4.98 Å². The molecule has 4 heteroatoms. The van der Waals surface area contributed by atoms with Gasteiger partial charge >= 0.3 is 0 Å². The lowest BCUT2D eigenvalue weighted by atomic mass is 10.1. The molecule has 0 aliphatic carbocycles. The largest absolute Gasteiger partial charge is 0.399 e. The lowest BCUT2D eigenvalue weighted by Gasteiger charge is -2.06. The smallest absolute Gasteiger partial charge is 0.274 e. The van der Waals surface area contributed by atoms with Gasteiger partial charge in [0.1, 0.15) is 5.69 Å². The first-order chi connectivity index (χ1) is 9.72. The number of fused-ring (bicyclic) bond motifs is 1. The molecular formula is C16H13N3O. The number of hydrogen-bond donors (Lipinski definition) is 2. The summed E-state index contributed by atoms with van der Waals surface area (Å²) < 4.78 is 0. The summed E-state index contributed by atoms with van der Waals surface area (Å²) in [4.78, 5) is 16.1. The second-order valence-electron chi connectivity index (χ2n) is 4.49. The molecular weight excluding hydrogens is 250 g/mol. The van der Waals surface area contributed by atoms with Crippen LogP contribution in [0.1, 0.15) is 10.5 Å². The highest BCUT2D eigenvalue weighted by Crippen LogP contribution is 2.19. The monoisotopic (exact) mass is 263 g/mol. The van der Waals surface area contributed by atoms with E-state index in [0.29, 0.717) is 11.4 Å². The van der Waals surface area contributed by atoms with Crippen LogP contribution >= 0.6 is 0 Å². The van der Waals surface area contributed by atoms with Crippen LogP contribution in [0.5, 0.6) is 0 Å². The molecule has 0 bridgehead atoms. The third-order valence-electron chi connectivity index (χ3n) is 3.02. The quantitative estimate of drug-likeness (QED) is 0.746. The SMILES string of the molecule is Nc1ccnc(C(=O)Nc2ccc3ccccc3c2)c1. The van der Waals surface area contributed by atoms with Crippen LogP contribution in [-0.2, 0) is 0 Å². The number of nitrogen functional groups attached to an aromatic ring is 1. The molecule has 3 rings (SSSR count). The van der Waals surface area contributed by atoms with Crippen molar-refractivity contribution in [2.24, 2.45) is 0 Å². The zero-order valence-electron chi connectivity index (χ0n) is 10.7. The Morgan fingerprint density at radius 2 is 1.80 bits per heavy atom. The Morgan fingerprint density at radius 1 is 1.00 bits per heavy atom. The van der Waals surface area contributed by atoms with E-state index in [9.17, 15) is 4.79 Å². The maximum Gasteiger partial charge on any atom is 0.274 e. The van der Waals surface area contributed by atoms with Crippen molar-refractivity contribution in [2.75, 3.05) is 11.1 Å². The van der Waals surface area contributed by atoms with Crippen molar-refractivity contribution in [3.63, 3.8) is 0 Å². The minimum absolute atomic E-state index is 0.271. The lowest BCUT2D eigenvalue weighted by Crippen LogP contribution is -2.13. The second-order valence-corrected chi connectivity index (χ2v) is 4.49. The fraction of sp³-hybridized carbons (Fsp3) is 0. The van der Waals surface area contributed by atoms with Gasteiger partial charge in [-0.2, -0.15) is 0 Å². The Morgan fingerprint density at radius 3 is 2.60 bits per heavy atom. The van der Waals surface area contributed by atoms with E-state index in [-0.39, 0.29) is 5.91 Å². The van der Waals surface area contributed by atoms with Crippen LogP contribution < -0.4 is 11.1 Å². The predicted molar refractivity (Wildman–Crippen MR) is 80.6 cm³/mol. The molecule has 0 saturated carbocycles. The molecule has 2 aromatic carbocycles. The molecule has 98 valence electrons. The van der Waals surface area contributed by atoms with E-state index >= 15 is 0 Å². The zero-order chi connectivity index (χ0) is 13.9. The minimum Gasteiger partial charge on any atom is -0.399 e. The van der Waals surface area contributed by atoms with Crippen molar-refractivity contribution < 1.29 is 4.79 Å². The summed E-state index contributed by atoms with van der Waals surface area (Å²) in [6.07, 6.45) is 1.52. The maximum atomic E-state index is 12.1. The molecule has 0 fully saturated rings. The van der Waals surface area contributed by atoms with Crippen molar-refractivity contribution >= 4 is 28.1 Å². The van der Waals surface area contributed by atoms with Gasteiger partial charge in [-0.15, -0.1) is 0 Å². The lowest BCUT2D eigenvalue weighted by molar-refractivity contribution is 0.102. The molecule has 0 aliphatic rings. The van der Waals surface area contributed by atoms with Gasteiger partial charge in [0, 0.05) is 17.6 Å². The van der Waals surface area contributed by atoms with E-state index in [2.05, 4.69) is 10.3 Å². The zero-order valence-corrected chi connectivity index (χ0v) is 10.7. The highest BCUT2D eigenvalue weighted by atomic mass is 16.1. The van der Waals surface area contributed by atoms with Gasteiger partial charge < -0.3 is 11.1 Å². The van der Waals surface area contributed by atoms with Gasteiger partial charge in [0.15, 0.2) is 0 Å². The van der Waals surface area contributed by atoms with Gasteiger partial charge in [-0.25, -0.2) is 0 Å². The van der Waals surface area contributed by atoms with Crippen molar-refractivity contribution in [1.29, 1.82) is 0 Å². The van der Waals surface area contributed by atoms with Crippen LogP contribution in [0, 0.1) is 0 Å². The van der Waals surface area contributed by atoms with E-state index < -0.39 is 0 Å². The number of carbonyl (C=O) groups excluding carboxylic acids is 1. The number of benzene rings is 2. The van der Waals surface area contributed by atoms with Crippen LogP contribution in [0.2, 0.25) is 0 Å². The first-order valence-electron chi connectivity index (χ1n) is 6.24. The number of hydrogen-bond acceptors (Lipinski definition) is 3. The minimum atomic E-state index is -0.271. The van der Waals surface area contributed by atoms with Crippen LogP contribution in [0.3, 0.4) is 0 Å². The van der Waals surface area contributed by atoms with E-state index in [4.69, 9.17) is 5.73 Å². The molecule has 0 spiro atoms. The number of anilines is 2. The number of nitrogens with two attached hydrogens (primary N) is 1. The van der Waals surface area contributed by atoms with E-state index in [1.807, 2.05) is 42.5 Å². The Labute approximate surface area is 116 Å². The first kappa shape index (κ1) is 12.2. The number of nitrogens with zero attached hydrogens (tertiary/aromatic N) is 1. The summed E-state index contributed by atoms with van der Waals surface area (Å²) in [6, 6.07) is 16.9. The third-order valence-corrected chi connectivity index (χ3v) is 3.02. The highest BCUT2D eigenvalue weighted by Gasteiger charge is 2.08. The van der Waals surface area contributed by atoms with Gasteiger partial charge in [0.25, 0.3) is 5.91 Å². The Balaban J connectivity index is 1.87. The number of amides is 1. The predicted octanol–water partition coefficient (Wildman–Crippen LogP) is 3.07.